The van der Waals surface area contributed by atoms with Gasteiger partial charge in [0.2, 0.25) is 5.91 Å². The first-order valence-corrected chi connectivity index (χ1v) is 7.49. The Morgan fingerprint density at radius 3 is 2.86 bits per heavy atom. The molecule has 1 aromatic rings. The van der Waals surface area contributed by atoms with E-state index in [4.69, 9.17) is 15.2 Å². The average Bonchev–Trinajstić information content (AvgIpc) is 2.95. The van der Waals surface area contributed by atoms with Crippen molar-refractivity contribution in [1.29, 1.82) is 0 Å². The summed E-state index contributed by atoms with van der Waals surface area (Å²) in [6, 6.07) is 5.99. The molecule has 2 rings (SSSR count). The van der Waals surface area contributed by atoms with Gasteiger partial charge in [0, 0.05) is 18.7 Å². The topological polar surface area (TPSA) is 73.6 Å². The summed E-state index contributed by atoms with van der Waals surface area (Å²) in [5, 5.41) is 2.92. The average molecular weight is 329 g/mol. The molecule has 0 aliphatic carbocycles. The number of rotatable bonds is 6. The summed E-state index contributed by atoms with van der Waals surface area (Å²) < 4.78 is 11.2. The maximum atomic E-state index is 12.1. The molecular weight excluding hydrogens is 304 g/mol. The largest absolute Gasteiger partial charge is 0.494 e. The van der Waals surface area contributed by atoms with E-state index in [0.29, 0.717) is 19.7 Å². The van der Waals surface area contributed by atoms with Crippen LogP contribution < -0.4 is 15.8 Å². The molecule has 1 aliphatic rings. The zero-order valence-corrected chi connectivity index (χ0v) is 13.9. The van der Waals surface area contributed by atoms with Crippen LogP contribution in [0.15, 0.2) is 18.2 Å². The highest BCUT2D eigenvalue weighted by Gasteiger charge is 2.29. The van der Waals surface area contributed by atoms with E-state index < -0.39 is 0 Å². The van der Waals surface area contributed by atoms with E-state index in [1.165, 1.54) is 0 Å². The van der Waals surface area contributed by atoms with Gasteiger partial charge in [-0.25, -0.2) is 0 Å². The van der Waals surface area contributed by atoms with Crippen molar-refractivity contribution >= 4 is 18.3 Å². The van der Waals surface area contributed by atoms with Gasteiger partial charge in [0.25, 0.3) is 0 Å². The third-order valence-corrected chi connectivity index (χ3v) is 3.64. The maximum Gasteiger partial charge on any atom is 0.249 e. The number of carbonyl (C=O) groups excluding carboxylic acids is 1. The summed E-state index contributed by atoms with van der Waals surface area (Å²) in [6.45, 7) is 5.49. The van der Waals surface area contributed by atoms with Crippen LogP contribution in [0, 0.1) is 6.92 Å². The highest BCUT2D eigenvalue weighted by molar-refractivity contribution is 5.85. The van der Waals surface area contributed by atoms with E-state index in [9.17, 15) is 4.79 Å². The van der Waals surface area contributed by atoms with E-state index in [-0.39, 0.29) is 30.5 Å². The Bertz CT molecular complexity index is 496. The number of nitrogens with two attached hydrogens (primary N) is 1. The molecule has 0 bridgehead atoms. The zero-order valence-electron chi connectivity index (χ0n) is 13.1. The van der Waals surface area contributed by atoms with Gasteiger partial charge in [-0.05, 0) is 38.3 Å². The second-order valence-corrected chi connectivity index (χ2v) is 5.32. The van der Waals surface area contributed by atoms with Crippen molar-refractivity contribution in [2.24, 2.45) is 5.73 Å². The highest BCUT2D eigenvalue weighted by Crippen LogP contribution is 2.22. The van der Waals surface area contributed by atoms with Crippen LogP contribution in [-0.4, -0.2) is 31.3 Å². The number of halogens is 1. The Balaban J connectivity index is 0.00000242. The molecule has 0 unspecified atom stereocenters. The lowest BCUT2D eigenvalue weighted by atomic mass is 10.1. The van der Waals surface area contributed by atoms with Gasteiger partial charge < -0.3 is 20.5 Å². The number of amides is 1. The predicted octanol–water partition coefficient (Wildman–Crippen LogP) is 1.94. The highest BCUT2D eigenvalue weighted by atomic mass is 35.5. The van der Waals surface area contributed by atoms with E-state index in [1.54, 1.807) is 0 Å². The number of carbonyl (C=O) groups is 1. The van der Waals surface area contributed by atoms with Gasteiger partial charge in [-0.1, -0.05) is 12.1 Å². The van der Waals surface area contributed by atoms with Gasteiger partial charge in [-0.2, -0.15) is 0 Å². The molecule has 0 radical (unpaired) electrons. The Labute approximate surface area is 138 Å². The summed E-state index contributed by atoms with van der Waals surface area (Å²) in [5.74, 6) is 0.749. The van der Waals surface area contributed by atoms with Crippen LogP contribution in [0.4, 0.5) is 0 Å². The summed E-state index contributed by atoms with van der Waals surface area (Å²) in [5.41, 5.74) is 7.67. The Morgan fingerprint density at radius 2 is 2.23 bits per heavy atom. The van der Waals surface area contributed by atoms with Gasteiger partial charge in [-0.3, -0.25) is 4.79 Å². The smallest absolute Gasteiger partial charge is 0.249 e. The molecule has 0 saturated carbocycles. The molecule has 1 fully saturated rings. The number of aryl methyl sites for hydroxylation is 1. The van der Waals surface area contributed by atoms with Gasteiger partial charge in [0.1, 0.15) is 11.9 Å². The van der Waals surface area contributed by atoms with Crippen molar-refractivity contribution in [3.05, 3.63) is 29.3 Å². The monoisotopic (exact) mass is 328 g/mol. The quantitative estimate of drug-likeness (QED) is 0.837. The number of nitrogens with one attached hydrogen (secondary N) is 1. The summed E-state index contributed by atoms with van der Waals surface area (Å²) in [4.78, 5) is 12.1. The lowest BCUT2D eigenvalue weighted by Gasteiger charge is -2.15. The first-order chi connectivity index (χ1) is 10.1. The minimum Gasteiger partial charge on any atom is -0.494 e. The SMILES string of the molecule is CCOc1cc(C)ccc1CNC(=O)[C@@H]1CC[C@H](CN)O1.Cl. The van der Waals surface area contributed by atoms with E-state index in [1.807, 2.05) is 32.0 Å². The minimum atomic E-state index is -0.375. The third-order valence-electron chi connectivity index (χ3n) is 3.64. The number of benzene rings is 1. The van der Waals surface area contributed by atoms with Crippen LogP contribution in [0.3, 0.4) is 0 Å². The lowest BCUT2D eigenvalue weighted by Crippen LogP contribution is -2.35. The standard InChI is InChI=1S/C16H24N2O3.ClH/c1-3-20-15-8-11(2)4-5-12(15)10-18-16(19)14-7-6-13(9-17)21-14;/h4-5,8,13-14H,3,6-7,9-10,17H2,1-2H3,(H,18,19);1H/t13-,14+;/m1./s1. The van der Waals surface area contributed by atoms with Crippen molar-refractivity contribution in [1.82, 2.24) is 5.32 Å². The fraction of sp³-hybridized carbons (Fsp3) is 0.562. The molecule has 1 aliphatic heterocycles. The summed E-state index contributed by atoms with van der Waals surface area (Å²) in [7, 11) is 0. The zero-order chi connectivity index (χ0) is 15.2. The first kappa shape index (κ1) is 18.7. The Morgan fingerprint density at radius 1 is 1.45 bits per heavy atom. The summed E-state index contributed by atoms with van der Waals surface area (Å²) in [6.07, 6.45) is 1.22. The second-order valence-electron chi connectivity index (χ2n) is 5.32. The second kappa shape index (κ2) is 8.98. The molecule has 124 valence electrons. The van der Waals surface area contributed by atoms with Crippen LogP contribution in [0.5, 0.6) is 5.75 Å². The molecule has 0 spiro atoms. The molecular formula is C16H25ClN2O3. The van der Waals surface area contributed by atoms with Crippen LogP contribution >= 0.6 is 12.4 Å². The van der Waals surface area contributed by atoms with Gasteiger partial charge in [0.15, 0.2) is 0 Å². The molecule has 2 atom stereocenters. The molecule has 0 aromatic heterocycles. The molecule has 1 amide bonds. The first-order valence-electron chi connectivity index (χ1n) is 7.49. The minimum absolute atomic E-state index is 0. The number of hydrogen-bond acceptors (Lipinski definition) is 4. The van der Waals surface area contributed by atoms with E-state index in [0.717, 1.165) is 29.7 Å². The van der Waals surface area contributed by atoms with Gasteiger partial charge in [-0.15, -0.1) is 12.4 Å². The van der Waals surface area contributed by atoms with E-state index in [2.05, 4.69) is 5.32 Å². The fourth-order valence-corrected chi connectivity index (χ4v) is 2.47. The van der Waals surface area contributed by atoms with Crippen molar-refractivity contribution < 1.29 is 14.3 Å². The van der Waals surface area contributed by atoms with Crippen molar-refractivity contribution in [2.45, 2.75) is 45.4 Å². The number of ether oxygens (including phenoxy) is 2. The van der Waals surface area contributed by atoms with Gasteiger partial charge >= 0.3 is 0 Å². The fourth-order valence-electron chi connectivity index (χ4n) is 2.47. The van der Waals surface area contributed by atoms with Gasteiger partial charge in [0.05, 0.1) is 12.7 Å². The van der Waals surface area contributed by atoms with Crippen molar-refractivity contribution in [2.75, 3.05) is 13.2 Å². The number of hydrogen-bond donors (Lipinski definition) is 2. The molecule has 3 N–H and O–H groups in total. The predicted molar refractivity (Wildman–Crippen MR) is 88.4 cm³/mol. The molecule has 1 saturated heterocycles. The third kappa shape index (κ3) is 4.87. The Kier molecular flexibility index (Phi) is 7.65. The molecule has 1 aromatic carbocycles. The lowest BCUT2D eigenvalue weighted by molar-refractivity contribution is -0.132. The van der Waals surface area contributed by atoms with Crippen molar-refractivity contribution in [3.8, 4) is 5.75 Å². The summed E-state index contributed by atoms with van der Waals surface area (Å²) >= 11 is 0. The van der Waals surface area contributed by atoms with Crippen LogP contribution in [0.1, 0.15) is 30.9 Å². The Hall–Kier alpha value is -1.30. The molecule has 1 heterocycles. The van der Waals surface area contributed by atoms with E-state index >= 15 is 0 Å². The molecule has 22 heavy (non-hydrogen) atoms. The van der Waals surface area contributed by atoms with Crippen LogP contribution in [0.25, 0.3) is 0 Å². The van der Waals surface area contributed by atoms with Crippen molar-refractivity contribution in [3.63, 3.8) is 0 Å². The van der Waals surface area contributed by atoms with Crippen LogP contribution in [0.2, 0.25) is 0 Å². The maximum absolute atomic E-state index is 12.1. The molecule has 5 nitrogen and oxygen atoms in total. The van der Waals surface area contributed by atoms with Crippen LogP contribution in [-0.2, 0) is 16.1 Å². The molecule has 6 heteroatoms. The normalized spacial score (nSPS) is 20.3.